The highest BCUT2D eigenvalue weighted by atomic mass is 35.5. The molecule has 0 radical (unpaired) electrons. The molecule has 12 heteroatoms. The van der Waals surface area contributed by atoms with E-state index >= 15 is 0 Å². The number of halogens is 1. The van der Waals surface area contributed by atoms with E-state index in [4.69, 9.17) is 21.6 Å². The van der Waals surface area contributed by atoms with Crippen molar-refractivity contribution in [1.82, 2.24) is 29.1 Å². The SMILES string of the molecule is C.CCC(=O)Cl.CCC(=O)N(C)c1cnc2nc(N3CCCC3)n(Cc3ccccc3)c2c1.CCc1cnc2nc(N3CCCC3)n(Cc3ccccc3)c2c1. The number of imidazole rings is 2. The highest BCUT2D eigenvalue weighted by molar-refractivity contribution is 6.63. The van der Waals surface area contributed by atoms with Crippen LogP contribution >= 0.6 is 11.6 Å². The lowest BCUT2D eigenvalue weighted by atomic mass is 10.2. The Balaban J connectivity index is 0.000000190. The molecule has 0 unspecified atom stereocenters. The highest BCUT2D eigenvalue weighted by Crippen LogP contribution is 2.29. The first-order valence-electron chi connectivity index (χ1n) is 19.5. The van der Waals surface area contributed by atoms with Crippen molar-refractivity contribution in [2.75, 3.05) is 47.9 Å². The molecule has 56 heavy (non-hydrogen) atoms. The molecule has 2 aliphatic rings. The van der Waals surface area contributed by atoms with Gasteiger partial charge in [-0.25, -0.2) is 9.97 Å². The summed E-state index contributed by atoms with van der Waals surface area (Å²) in [4.78, 5) is 46.9. The van der Waals surface area contributed by atoms with Crippen LogP contribution in [0, 0.1) is 0 Å². The molecule has 0 spiro atoms. The predicted molar refractivity (Wildman–Crippen MR) is 230 cm³/mol. The Hall–Kier alpha value is -5.29. The van der Waals surface area contributed by atoms with Crippen LogP contribution in [0.25, 0.3) is 22.3 Å². The molecule has 296 valence electrons. The number of aryl methyl sites for hydroxylation is 1. The average Bonchev–Trinajstić information content (AvgIpc) is 4.06. The third-order valence-electron chi connectivity index (χ3n) is 10.1. The number of nitrogens with zero attached hydrogens (tertiary/aromatic N) is 9. The van der Waals surface area contributed by atoms with Gasteiger partial charge in [-0.2, -0.15) is 9.97 Å². The van der Waals surface area contributed by atoms with Crippen LogP contribution < -0.4 is 14.7 Å². The number of carbonyl (C=O) groups excluding carboxylic acids is 2. The van der Waals surface area contributed by atoms with Gasteiger partial charge in [-0.15, -0.1) is 0 Å². The normalized spacial score (nSPS) is 13.5. The molecule has 0 bridgehead atoms. The van der Waals surface area contributed by atoms with Crippen molar-refractivity contribution in [3.8, 4) is 0 Å². The van der Waals surface area contributed by atoms with E-state index in [1.165, 1.54) is 42.4 Å². The monoisotopic (exact) mass is 777 g/mol. The number of fused-ring (bicyclic) bond motifs is 2. The van der Waals surface area contributed by atoms with E-state index in [-0.39, 0.29) is 18.6 Å². The smallest absolute Gasteiger partial charge is 0.226 e. The minimum atomic E-state index is -0.273. The molecule has 6 heterocycles. The molecule has 6 aromatic rings. The fourth-order valence-electron chi connectivity index (χ4n) is 6.94. The Bertz CT molecular complexity index is 2170. The third kappa shape index (κ3) is 10.1. The van der Waals surface area contributed by atoms with Gasteiger partial charge in [0.25, 0.3) is 0 Å². The number of aromatic nitrogens is 6. The van der Waals surface area contributed by atoms with E-state index in [1.54, 1.807) is 25.1 Å². The molecule has 2 aromatic carbocycles. The number of carbonyl (C=O) groups is 2. The van der Waals surface area contributed by atoms with Crippen molar-refractivity contribution >= 4 is 62.7 Å². The van der Waals surface area contributed by atoms with E-state index in [9.17, 15) is 9.59 Å². The summed E-state index contributed by atoms with van der Waals surface area (Å²) in [6.07, 6.45) is 10.5. The molecule has 0 saturated carbocycles. The zero-order valence-electron chi connectivity index (χ0n) is 32.5. The van der Waals surface area contributed by atoms with Gasteiger partial charge in [0.15, 0.2) is 11.3 Å². The van der Waals surface area contributed by atoms with Crippen LogP contribution in [0.4, 0.5) is 17.6 Å². The Labute approximate surface area is 336 Å². The minimum absolute atomic E-state index is 0. The fraction of sp³-hybridized carbons (Fsp3) is 0.409. The zero-order chi connectivity index (χ0) is 38.7. The van der Waals surface area contributed by atoms with Crippen LogP contribution in [-0.2, 0) is 29.1 Å². The van der Waals surface area contributed by atoms with Crippen molar-refractivity contribution in [2.24, 2.45) is 0 Å². The first kappa shape index (κ1) is 41.9. The van der Waals surface area contributed by atoms with E-state index in [0.717, 1.165) is 85.6 Å². The number of hydrogen-bond donors (Lipinski definition) is 0. The standard InChI is InChI=1S/C21H25N5O.C19H22N4.C3H5ClO.CH4/c1-3-19(27)24(2)17-13-18-20(22-14-17)23-21(25-11-7-8-12-25)26(18)15-16-9-5-4-6-10-16;1-2-15-12-17-18(20-13-15)21-19(22-10-6-7-11-22)23(17)14-16-8-4-3-5-9-16;1-2-3(4)5;/h4-6,9-10,13-14H,3,7-8,11-12,15H2,1-2H3;3-5,8-9,12-13H,2,6-7,10-11,14H2,1H3;2H2,1H3;1H4. The summed E-state index contributed by atoms with van der Waals surface area (Å²) in [5, 5.41) is -0.273. The van der Waals surface area contributed by atoms with Gasteiger partial charge in [0, 0.05) is 52.3 Å². The van der Waals surface area contributed by atoms with E-state index < -0.39 is 0 Å². The quantitative estimate of drug-likeness (QED) is 0.127. The molecule has 2 aliphatic heterocycles. The number of hydrogen-bond acceptors (Lipinski definition) is 8. The van der Waals surface area contributed by atoms with E-state index in [0.29, 0.717) is 12.8 Å². The molecule has 2 saturated heterocycles. The molecule has 2 fully saturated rings. The highest BCUT2D eigenvalue weighted by Gasteiger charge is 2.23. The number of rotatable bonds is 10. The molecule has 11 nitrogen and oxygen atoms in total. The second-order valence-electron chi connectivity index (χ2n) is 13.9. The van der Waals surface area contributed by atoms with Crippen LogP contribution in [0.5, 0.6) is 0 Å². The van der Waals surface area contributed by atoms with Crippen LogP contribution in [0.1, 0.15) is 83.4 Å². The summed E-state index contributed by atoms with van der Waals surface area (Å²) >= 11 is 4.82. The molecule has 4 aromatic heterocycles. The first-order valence-corrected chi connectivity index (χ1v) is 19.9. The summed E-state index contributed by atoms with van der Waals surface area (Å²) in [5.74, 6) is 2.12. The van der Waals surface area contributed by atoms with Gasteiger partial charge >= 0.3 is 0 Å². The van der Waals surface area contributed by atoms with E-state index in [2.05, 4.69) is 96.5 Å². The molecular weight excluding hydrogens is 722 g/mol. The number of benzene rings is 2. The van der Waals surface area contributed by atoms with Crippen molar-refractivity contribution in [3.63, 3.8) is 0 Å². The van der Waals surface area contributed by atoms with Gasteiger partial charge in [-0.05, 0) is 72.5 Å². The summed E-state index contributed by atoms with van der Waals surface area (Å²) in [6, 6.07) is 25.3. The van der Waals surface area contributed by atoms with Gasteiger partial charge in [-0.3, -0.25) is 9.59 Å². The van der Waals surface area contributed by atoms with Crippen molar-refractivity contribution in [1.29, 1.82) is 0 Å². The van der Waals surface area contributed by atoms with Crippen molar-refractivity contribution < 1.29 is 9.59 Å². The third-order valence-corrected chi connectivity index (χ3v) is 10.4. The van der Waals surface area contributed by atoms with Crippen molar-refractivity contribution in [2.45, 2.75) is 86.2 Å². The van der Waals surface area contributed by atoms with Gasteiger partial charge in [0.2, 0.25) is 23.0 Å². The Morgan fingerprint density at radius 3 is 1.54 bits per heavy atom. The van der Waals surface area contributed by atoms with Crippen LogP contribution in [-0.4, -0.2) is 73.4 Å². The van der Waals surface area contributed by atoms with Gasteiger partial charge in [-0.1, -0.05) is 88.9 Å². The van der Waals surface area contributed by atoms with Crippen LogP contribution in [0.2, 0.25) is 0 Å². The molecule has 0 atom stereocenters. The van der Waals surface area contributed by atoms with Crippen LogP contribution in [0.3, 0.4) is 0 Å². The molecular formula is C44H56ClN9O2. The van der Waals surface area contributed by atoms with Crippen LogP contribution in [0.15, 0.2) is 85.2 Å². The summed E-state index contributed by atoms with van der Waals surface area (Å²) in [6.45, 7) is 11.6. The Morgan fingerprint density at radius 2 is 1.11 bits per heavy atom. The molecule has 0 aliphatic carbocycles. The Morgan fingerprint density at radius 1 is 0.661 bits per heavy atom. The fourth-order valence-corrected chi connectivity index (χ4v) is 6.94. The lowest BCUT2D eigenvalue weighted by molar-refractivity contribution is -0.118. The molecule has 1 amide bonds. The van der Waals surface area contributed by atoms with Gasteiger partial charge in [0.1, 0.15) is 0 Å². The maximum Gasteiger partial charge on any atom is 0.226 e. The topological polar surface area (TPSA) is 105 Å². The van der Waals surface area contributed by atoms with Crippen molar-refractivity contribution in [3.05, 3.63) is 102 Å². The largest absolute Gasteiger partial charge is 0.342 e. The minimum Gasteiger partial charge on any atom is -0.342 e. The maximum absolute atomic E-state index is 12.1. The Kier molecular flexibility index (Phi) is 15.0. The lowest BCUT2D eigenvalue weighted by Crippen LogP contribution is -2.25. The number of amides is 1. The number of anilines is 3. The second kappa shape index (κ2) is 20.0. The number of pyridine rings is 2. The molecule has 0 N–H and O–H groups in total. The first-order chi connectivity index (χ1) is 26.8. The van der Waals surface area contributed by atoms with Gasteiger partial charge in [0.05, 0.1) is 36.0 Å². The summed E-state index contributed by atoms with van der Waals surface area (Å²) < 4.78 is 4.57. The maximum atomic E-state index is 12.1. The summed E-state index contributed by atoms with van der Waals surface area (Å²) in [7, 11) is 1.80. The van der Waals surface area contributed by atoms with Gasteiger partial charge < -0.3 is 23.8 Å². The second-order valence-corrected chi connectivity index (χ2v) is 14.4. The predicted octanol–water partition coefficient (Wildman–Crippen LogP) is 8.89. The zero-order valence-corrected chi connectivity index (χ0v) is 33.3. The van der Waals surface area contributed by atoms with E-state index in [1.807, 2.05) is 25.3 Å². The summed E-state index contributed by atoms with van der Waals surface area (Å²) in [5.41, 5.74) is 8.30. The lowest BCUT2D eigenvalue weighted by Gasteiger charge is -2.19. The average molecular weight is 778 g/mol. The molecule has 8 rings (SSSR count).